The van der Waals surface area contributed by atoms with Gasteiger partial charge >= 0.3 is 0 Å². The minimum Gasteiger partial charge on any atom is -0.493 e. The zero-order chi connectivity index (χ0) is 15.0. The molecule has 0 radical (unpaired) electrons. The summed E-state index contributed by atoms with van der Waals surface area (Å²) in [5.41, 5.74) is 2.30. The fourth-order valence-electron chi connectivity index (χ4n) is 2.16. The predicted molar refractivity (Wildman–Crippen MR) is 84.8 cm³/mol. The summed E-state index contributed by atoms with van der Waals surface area (Å²) < 4.78 is 11.5. The number of rotatable bonds is 9. The highest BCUT2D eigenvalue weighted by atomic mass is 16.5. The first-order chi connectivity index (χ1) is 9.63. The largest absolute Gasteiger partial charge is 0.493 e. The van der Waals surface area contributed by atoms with E-state index in [0.717, 1.165) is 23.6 Å². The minimum atomic E-state index is 0.306. The summed E-state index contributed by atoms with van der Waals surface area (Å²) in [6, 6.07) is 4.57. The molecule has 0 bridgehead atoms. The van der Waals surface area contributed by atoms with E-state index in [9.17, 15) is 0 Å². The van der Waals surface area contributed by atoms with Crippen molar-refractivity contribution in [1.82, 2.24) is 5.32 Å². The van der Waals surface area contributed by atoms with E-state index in [1.54, 1.807) is 0 Å². The Hall–Kier alpha value is -1.22. The topological polar surface area (TPSA) is 30.5 Å². The van der Waals surface area contributed by atoms with Gasteiger partial charge in [0.05, 0.1) is 13.2 Å². The second-order valence-electron chi connectivity index (χ2n) is 5.04. The Morgan fingerprint density at radius 1 is 1.05 bits per heavy atom. The highest BCUT2D eigenvalue weighted by Gasteiger charge is 2.13. The first kappa shape index (κ1) is 16.8. The van der Waals surface area contributed by atoms with E-state index in [2.05, 4.69) is 38.2 Å². The fourth-order valence-corrected chi connectivity index (χ4v) is 2.16. The van der Waals surface area contributed by atoms with E-state index in [1.807, 2.05) is 13.8 Å². The quantitative estimate of drug-likeness (QED) is 0.686. The second kappa shape index (κ2) is 8.85. The van der Waals surface area contributed by atoms with Crippen molar-refractivity contribution in [3.63, 3.8) is 0 Å². The van der Waals surface area contributed by atoms with Crippen LogP contribution in [0.5, 0.6) is 11.5 Å². The molecule has 20 heavy (non-hydrogen) atoms. The van der Waals surface area contributed by atoms with Gasteiger partial charge in [-0.05, 0) is 58.4 Å². The van der Waals surface area contributed by atoms with Crippen LogP contribution in [0, 0.1) is 6.92 Å². The Morgan fingerprint density at radius 3 is 2.05 bits per heavy atom. The lowest BCUT2D eigenvalue weighted by Crippen LogP contribution is -2.20. The summed E-state index contributed by atoms with van der Waals surface area (Å²) in [7, 11) is 0. The molecule has 0 heterocycles. The average molecular weight is 279 g/mol. The lowest BCUT2D eigenvalue weighted by atomic mass is 10.0. The molecule has 0 spiro atoms. The summed E-state index contributed by atoms with van der Waals surface area (Å²) in [5, 5.41) is 3.55. The van der Waals surface area contributed by atoms with Gasteiger partial charge in [0.2, 0.25) is 0 Å². The molecule has 1 aromatic rings. The predicted octanol–water partition coefficient (Wildman–Crippen LogP) is 4.24. The molecule has 1 N–H and O–H groups in total. The zero-order valence-corrected chi connectivity index (χ0v) is 13.6. The molecular formula is C17H29NO2. The monoisotopic (exact) mass is 279 g/mol. The van der Waals surface area contributed by atoms with Crippen molar-refractivity contribution in [3.8, 4) is 11.5 Å². The number of unbranched alkanes of at least 4 members (excludes halogenated alkanes) is 1. The van der Waals surface area contributed by atoms with Gasteiger partial charge in [0.25, 0.3) is 0 Å². The maximum Gasteiger partial charge on any atom is 0.126 e. The number of benzene rings is 1. The molecule has 0 aliphatic carbocycles. The third-order valence-corrected chi connectivity index (χ3v) is 3.42. The van der Waals surface area contributed by atoms with Gasteiger partial charge in [-0.25, -0.2) is 0 Å². The number of nitrogens with one attached hydrogen (secondary N) is 1. The maximum atomic E-state index is 5.73. The molecule has 1 rings (SSSR count). The van der Waals surface area contributed by atoms with Gasteiger partial charge in [0.1, 0.15) is 11.5 Å². The summed E-state index contributed by atoms with van der Waals surface area (Å²) in [5.74, 6) is 1.86. The molecule has 0 fully saturated rings. The van der Waals surface area contributed by atoms with Gasteiger partial charge in [-0.3, -0.25) is 0 Å². The normalized spacial score (nSPS) is 12.2. The van der Waals surface area contributed by atoms with Crippen LogP contribution in [0.15, 0.2) is 12.1 Å². The van der Waals surface area contributed by atoms with E-state index in [1.165, 1.54) is 18.4 Å². The van der Waals surface area contributed by atoms with E-state index >= 15 is 0 Å². The average Bonchev–Trinajstić information content (AvgIpc) is 2.43. The van der Waals surface area contributed by atoms with Gasteiger partial charge in [-0.2, -0.15) is 0 Å². The van der Waals surface area contributed by atoms with Crippen LogP contribution < -0.4 is 14.8 Å². The summed E-state index contributed by atoms with van der Waals surface area (Å²) in [6.45, 7) is 12.9. The summed E-state index contributed by atoms with van der Waals surface area (Å²) >= 11 is 0. The van der Waals surface area contributed by atoms with Crippen LogP contribution in [-0.4, -0.2) is 19.8 Å². The van der Waals surface area contributed by atoms with Crippen LogP contribution in [0.4, 0.5) is 0 Å². The summed E-state index contributed by atoms with van der Waals surface area (Å²) in [4.78, 5) is 0. The highest BCUT2D eigenvalue weighted by Crippen LogP contribution is 2.32. The SMILES string of the molecule is CCCCN[C@H](C)c1cc(OCC)c(C)c(OCC)c1. The standard InChI is InChI=1S/C17H29NO2/c1-6-9-10-18-14(5)15-11-16(19-7-2)13(4)17(12-15)20-8-3/h11-12,14,18H,6-10H2,1-5H3/t14-/m1/s1. The first-order valence-corrected chi connectivity index (χ1v) is 7.77. The lowest BCUT2D eigenvalue weighted by Gasteiger charge is -2.19. The Kier molecular flexibility index (Phi) is 7.45. The third kappa shape index (κ3) is 4.71. The molecule has 3 heteroatoms. The van der Waals surface area contributed by atoms with Crippen molar-refractivity contribution < 1.29 is 9.47 Å². The van der Waals surface area contributed by atoms with Gasteiger partial charge < -0.3 is 14.8 Å². The molecule has 1 atom stereocenters. The maximum absolute atomic E-state index is 5.73. The van der Waals surface area contributed by atoms with Crippen LogP contribution in [0.2, 0.25) is 0 Å². The van der Waals surface area contributed by atoms with Crippen LogP contribution in [0.3, 0.4) is 0 Å². The van der Waals surface area contributed by atoms with Gasteiger partial charge in [0, 0.05) is 11.6 Å². The van der Waals surface area contributed by atoms with Crippen molar-refractivity contribution in [1.29, 1.82) is 0 Å². The fraction of sp³-hybridized carbons (Fsp3) is 0.647. The van der Waals surface area contributed by atoms with Crippen molar-refractivity contribution in [2.75, 3.05) is 19.8 Å². The molecule has 1 aromatic carbocycles. The Labute approximate surface area is 123 Å². The summed E-state index contributed by atoms with van der Waals surface area (Å²) in [6.07, 6.45) is 2.41. The smallest absolute Gasteiger partial charge is 0.126 e. The number of hydrogen-bond donors (Lipinski definition) is 1. The molecule has 0 aromatic heterocycles. The van der Waals surface area contributed by atoms with Crippen LogP contribution >= 0.6 is 0 Å². The molecule has 0 aliphatic heterocycles. The second-order valence-corrected chi connectivity index (χ2v) is 5.04. The molecule has 0 saturated heterocycles. The van der Waals surface area contributed by atoms with E-state index in [0.29, 0.717) is 19.3 Å². The van der Waals surface area contributed by atoms with Crippen LogP contribution in [0.25, 0.3) is 0 Å². The molecule has 3 nitrogen and oxygen atoms in total. The van der Waals surface area contributed by atoms with E-state index in [-0.39, 0.29) is 0 Å². The van der Waals surface area contributed by atoms with Gasteiger partial charge in [-0.15, -0.1) is 0 Å². The van der Waals surface area contributed by atoms with E-state index < -0.39 is 0 Å². The molecule has 114 valence electrons. The molecule has 0 amide bonds. The van der Waals surface area contributed by atoms with Crippen molar-refractivity contribution in [2.24, 2.45) is 0 Å². The number of hydrogen-bond acceptors (Lipinski definition) is 3. The van der Waals surface area contributed by atoms with Crippen molar-refractivity contribution in [2.45, 2.75) is 53.5 Å². The Balaban J connectivity index is 2.93. The Bertz CT molecular complexity index is 377. The highest BCUT2D eigenvalue weighted by molar-refractivity contribution is 5.48. The Morgan fingerprint density at radius 2 is 1.60 bits per heavy atom. The first-order valence-electron chi connectivity index (χ1n) is 7.77. The molecule has 0 saturated carbocycles. The van der Waals surface area contributed by atoms with Crippen molar-refractivity contribution >= 4 is 0 Å². The zero-order valence-electron chi connectivity index (χ0n) is 13.6. The van der Waals surface area contributed by atoms with Crippen molar-refractivity contribution in [3.05, 3.63) is 23.3 Å². The number of ether oxygens (including phenoxy) is 2. The minimum absolute atomic E-state index is 0.306. The van der Waals surface area contributed by atoms with Gasteiger partial charge in [-0.1, -0.05) is 13.3 Å². The van der Waals surface area contributed by atoms with E-state index in [4.69, 9.17) is 9.47 Å². The third-order valence-electron chi connectivity index (χ3n) is 3.42. The van der Waals surface area contributed by atoms with Gasteiger partial charge in [0.15, 0.2) is 0 Å². The molecular weight excluding hydrogens is 250 g/mol. The lowest BCUT2D eigenvalue weighted by molar-refractivity contribution is 0.317. The molecule has 0 unspecified atom stereocenters. The van der Waals surface area contributed by atoms with Crippen LogP contribution in [0.1, 0.15) is 57.7 Å². The van der Waals surface area contributed by atoms with Crippen LogP contribution in [-0.2, 0) is 0 Å². The molecule has 0 aliphatic rings.